The molecule has 0 bridgehead atoms. The van der Waals surface area contributed by atoms with Crippen molar-refractivity contribution in [3.63, 3.8) is 0 Å². The minimum atomic E-state index is -0.879. The average Bonchev–Trinajstić information content (AvgIpc) is 2.21. The Labute approximate surface area is 82.8 Å². The number of carboxylic acids is 1. The zero-order valence-corrected chi connectivity index (χ0v) is 8.01. The third kappa shape index (κ3) is 6.16. The molecule has 0 fully saturated rings. The predicted molar refractivity (Wildman–Crippen MR) is 52.4 cm³/mol. The summed E-state index contributed by atoms with van der Waals surface area (Å²) in [5.74, 6) is -0.879. The summed E-state index contributed by atoms with van der Waals surface area (Å²) in [6, 6.07) is 8.30. The maximum atomic E-state index is 10.2. The molecule has 0 aliphatic carbocycles. The van der Waals surface area contributed by atoms with Crippen molar-refractivity contribution in [3.8, 4) is 0 Å². The molecule has 0 heterocycles. The highest BCUT2D eigenvalue weighted by atomic mass is 16.5. The number of carboxylic acid groups (broad SMARTS) is 1. The van der Waals surface area contributed by atoms with Gasteiger partial charge in [-0.25, -0.2) is 4.79 Å². The van der Waals surface area contributed by atoms with E-state index < -0.39 is 5.97 Å². The molecule has 2 N–H and O–H groups in total. The van der Waals surface area contributed by atoms with Crippen molar-refractivity contribution in [2.75, 3.05) is 20.3 Å². The van der Waals surface area contributed by atoms with Crippen molar-refractivity contribution in [1.29, 1.82) is 0 Å². The minimum absolute atomic E-state index is 0.122. The van der Waals surface area contributed by atoms with Crippen LogP contribution >= 0.6 is 0 Å². The van der Waals surface area contributed by atoms with E-state index in [9.17, 15) is 4.79 Å². The van der Waals surface area contributed by atoms with E-state index in [2.05, 4.69) is 4.74 Å². The zero-order valence-electron chi connectivity index (χ0n) is 8.01. The Kier molecular flexibility index (Phi) is 7.40. The third-order valence-electron chi connectivity index (χ3n) is 1.32. The fraction of sp³-hybridized carbons (Fsp3) is 0.300. The van der Waals surface area contributed by atoms with Crippen LogP contribution in [-0.4, -0.2) is 36.5 Å². The first kappa shape index (κ1) is 12.6. The van der Waals surface area contributed by atoms with Crippen LogP contribution in [0.2, 0.25) is 0 Å². The highest BCUT2D eigenvalue weighted by molar-refractivity contribution is 5.87. The van der Waals surface area contributed by atoms with Gasteiger partial charge in [0.25, 0.3) is 0 Å². The summed E-state index contributed by atoms with van der Waals surface area (Å²) < 4.78 is 4.44. The maximum absolute atomic E-state index is 10.2. The molecule has 0 unspecified atom stereocenters. The number of aromatic carboxylic acids is 1. The molecule has 14 heavy (non-hydrogen) atoms. The molecule has 0 saturated heterocycles. The van der Waals surface area contributed by atoms with Gasteiger partial charge < -0.3 is 14.9 Å². The van der Waals surface area contributed by atoms with Crippen molar-refractivity contribution in [3.05, 3.63) is 35.9 Å². The van der Waals surface area contributed by atoms with E-state index in [0.717, 1.165) is 0 Å². The topological polar surface area (TPSA) is 66.8 Å². The zero-order chi connectivity index (χ0) is 10.8. The lowest BCUT2D eigenvalue weighted by Gasteiger charge is -1.88. The predicted octanol–water partition coefficient (Wildman–Crippen LogP) is 1.01. The van der Waals surface area contributed by atoms with Crippen LogP contribution in [0.15, 0.2) is 30.3 Å². The number of rotatable bonds is 3. The van der Waals surface area contributed by atoms with Crippen LogP contribution in [0.3, 0.4) is 0 Å². The molecular formula is C10H14O4. The summed E-state index contributed by atoms with van der Waals surface area (Å²) in [6.07, 6.45) is 0. The van der Waals surface area contributed by atoms with Gasteiger partial charge in [-0.2, -0.15) is 0 Å². The fourth-order valence-electron chi connectivity index (χ4n) is 0.672. The SMILES string of the molecule is COCCO.O=C(O)c1ccccc1. The van der Waals surface area contributed by atoms with E-state index >= 15 is 0 Å². The van der Waals surface area contributed by atoms with Crippen molar-refractivity contribution in [1.82, 2.24) is 0 Å². The van der Waals surface area contributed by atoms with Crippen molar-refractivity contribution in [2.45, 2.75) is 0 Å². The number of hydrogen-bond acceptors (Lipinski definition) is 3. The van der Waals surface area contributed by atoms with Crippen LogP contribution in [-0.2, 0) is 4.74 Å². The third-order valence-corrected chi connectivity index (χ3v) is 1.32. The molecule has 78 valence electrons. The van der Waals surface area contributed by atoms with Gasteiger partial charge in [-0.1, -0.05) is 18.2 Å². The Hall–Kier alpha value is -1.39. The number of hydrogen-bond donors (Lipinski definition) is 2. The normalized spacial score (nSPS) is 8.71. The second-order valence-corrected chi connectivity index (χ2v) is 2.39. The minimum Gasteiger partial charge on any atom is -0.478 e. The van der Waals surface area contributed by atoms with E-state index in [4.69, 9.17) is 10.2 Å². The molecule has 1 aromatic carbocycles. The van der Waals surface area contributed by atoms with Gasteiger partial charge in [-0.15, -0.1) is 0 Å². The molecule has 0 radical (unpaired) electrons. The molecule has 0 atom stereocenters. The molecule has 0 aliphatic rings. The lowest BCUT2D eigenvalue weighted by Crippen LogP contribution is -1.93. The lowest BCUT2D eigenvalue weighted by molar-refractivity contribution is 0.0697. The maximum Gasteiger partial charge on any atom is 0.335 e. The Morgan fingerprint density at radius 1 is 1.36 bits per heavy atom. The van der Waals surface area contributed by atoms with Gasteiger partial charge in [-0.3, -0.25) is 0 Å². The first-order chi connectivity index (χ1) is 6.72. The summed E-state index contributed by atoms with van der Waals surface area (Å²) >= 11 is 0. The molecular weight excluding hydrogens is 184 g/mol. The van der Waals surface area contributed by atoms with Gasteiger partial charge in [0.1, 0.15) is 0 Å². The Morgan fingerprint density at radius 3 is 2.14 bits per heavy atom. The number of aliphatic hydroxyl groups excluding tert-OH is 1. The van der Waals surface area contributed by atoms with E-state index in [1.165, 1.54) is 0 Å². The van der Waals surface area contributed by atoms with Gasteiger partial charge >= 0.3 is 5.97 Å². The van der Waals surface area contributed by atoms with Gasteiger partial charge in [0, 0.05) is 7.11 Å². The molecule has 0 aromatic heterocycles. The van der Waals surface area contributed by atoms with Crippen molar-refractivity contribution in [2.24, 2.45) is 0 Å². The summed E-state index contributed by atoms with van der Waals surface area (Å²) in [4.78, 5) is 10.2. The van der Waals surface area contributed by atoms with Crippen LogP contribution in [0.1, 0.15) is 10.4 Å². The van der Waals surface area contributed by atoms with Gasteiger partial charge in [0.05, 0.1) is 18.8 Å². The van der Waals surface area contributed by atoms with Crippen LogP contribution in [0, 0.1) is 0 Å². The second-order valence-electron chi connectivity index (χ2n) is 2.39. The van der Waals surface area contributed by atoms with Gasteiger partial charge in [0.15, 0.2) is 0 Å². The lowest BCUT2D eigenvalue weighted by atomic mass is 10.2. The van der Waals surface area contributed by atoms with Gasteiger partial charge in [0.2, 0.25) is 0 Å². The average molecular weight is 198 g/mol. The Balaban J connectivity index is 0.000000292. The first-order valence-electron chi connectivity index (χ1n) is 4.10. The van der Waals surface area contributed by atoms with E-state index in [0.29, 0.717) is 12.2 Å². The van der Waals surface area contributed by atoms with E-state index in [-0.39, 0.29) is 6.61 Å². The summed E-state index contributed by atoms with van der Waals surface area (Å²) in [5.41, 5.74) is 0.331. The monoisotopic (exact) mass is 198 g/mol. The summed E-state index contributed by atoms with van der Waals surface area (Å²) in [6.45, 7) is 0.566. The number of benzene rings is 1. The highest BCUT2D eigenvalue weighted by Crippen LogP contribution is 1.96. The van der Waals surface area contributed by atoms with Crippen molar-refractivity contribution < 1.29 is 19.7 Å². The molecule has 4 nitrogen and oxygen atoms in total. The van der Waals surface area contributed by atoms with E-state index in [1.807, 2.05) is 0 Å². The summed E-state index contributed by atoms with van der Waals surface area (Å²) in [7, 11) is 1.55. The molecule has 0 amide bonds. The Morgan fingerprint density at radius 2 is 1.93 bits per heavy atom. The molecule has 1 aromatic rings. The van der Waals surface area contributed by atoms with Crippen LogP contribution in [0.25, 0.3) is 0 Å². The van der Waals surface area contributed by atoms with E-state index in [1.54, 1.807) is 37.4 Å². The molecule has 0 spiro atoms. The smallest absolute Gasteiger partial charge is 0.335 e. The second kappa shape index (κ2) is 8.22. The number of carbonyl (C=O) groups is 1. The quantitative estimate of drug-likeness (QED) is 0.760. The van der Waals surface area contributed by atoms with Crippen molar-refractivity contribution >= 4 is 5.97 Å². The molecule has 0 saturated carbocycles. The molecule has 0 aliphatic heterocycles. The highest BCUT2D eigenvalue weighted by Gasteiger charge is 1.96. The summed E-state index contributed by atoms with van der Waals surface area (Å²) in [5, 5.41) is 16.3. The Bertz CT molecular complexity index is 244. The van der Waals surface area contributed by atoms with Gasteiger partial charge in [-0.05, 0) is 12.1 Å². The largest absolute Gasteiger partial charge is 0.478 e. The number of methoxy groups -OCH3 is 1. The number of ether oxygens (including phenoxy) is 1. The number of aliphatic hydroxyl groups is 1. The fourth-order valence-corrected chi connectivity index (χ4v) is 0.672. The van der Waals surface area contributed by atoms with Crippen LogP contribution < -0.4 is 0 Å². The first-order valence-corrected chi connectivity index (χ1v) is 4.10. The molecule has 4 heteroatoms. The standard InChI is InChI=1S/C7H6O2.C3H8O2/c8-7(9)6-4-2-1-3-5-6;1-5-3-2-4/h1-5H,(H,8,9);4H,2-3H2,1H3. The van der Waals surface area contributed by atoms with Crippen LogP contribution in [0.5, 0.6) is 0 Å². The van der Waals surface area contributed by atoms with Crippen LogP contribution in [0.4, 0.5) is 0 Å². The molecule has 1 rings (SSSR count).